The van der Waals surface area contributed by atoms with Crippen molar-refractivity contribution in [3.8, 4) is 11.4 Å². The summed E-state index contributed by atoms with van der Waals surface area (Å²) in [6, 6.07) is 11.1. The molecule has 1 aliphatic rings. The molecule has 0 bridgehead atoms. The second-order valence-corrected chi connectivity index (χ2v) is 7.02. The normalized spacial score (nSPS) is 18.0. The van der Waals surface area contributed by atoms with Gasteiger partial charge in [-0.1, -0.05) is 36.8 Å². The molecule has 0 spiro atoms. The second kappa shape index (κ2) is 6.47. The van der Waals surface area contributed by atoms with Crippen LogP contribution in [0.5, 0.6) is 0 Å². The molecular weight excluding hydrogens is 310 g/mol. The predicted octanol–water partition coefficient (Wildman–Crippen LogP) is 4.18. The first kappa shape index (κ1) is 16.1. The van der Waals surface area contributed by atoms with Gasteiger partial charge in [0.1, 0.15) is 5.82 Å². The highest BCUT2D eigenvalue weighted by Gasteiger charge is 2.24. The molecule has 5 heteroatoms. The van der Waals surface area contributed by atoms with Crippen LogP contribution in [0.25, 0.3) is 17.2 Å². The summed E-state index contributed by atoms with van der Waals surface area (Å²) in [5, 5.41) is 4.80. The van der Waals surface area contributed by atoms with Gasteiger partial charge in [0, 0.05) is 29.9 Å². The highest BCUT2D eigenvalue weighted by atomic mass is 15.4. The van der Waals surface area contributed by atoms with E-state index in [0.29, 0.717) is 11.8 Å². The Morgan fingerprint density at radius 3 is 2.64 bits per heavy atom. The number of aryl methyl sites for hydroxylation is 2. The standard InChI is InChI=1S/C20H25N5/c1-4-17-7-5-6-12-24(17)18-13-15(3)21-20-22-19(23-25(18)20)16-10-8-14(2)9-11-16/h8-11,13,17H,4-7,12H2,1-3H3. The Morgan fingerprint density at radius 2 is 1.88 bits per heavy atom. The summed E-state index contributed by atoms with van der Waals surface area (Å²) < 4.78 is 1.93. The van der Waals surface area contributed by atoms with E-state index in [9.17, 15) is 0 Å². The average Bonchev–Trinajstić information content (AvgIpc) is 3.05. The minimum Gasteiger partial charge on any atom is -0.353 e. The summed E-state index contributed by atoms with van der Waals surface area (Å²) in [7, 11) is 0. The highest BCUT2D eigenvalue weighted by Crippen LogP contribution is 2.28. The Balaban J connectivity index is 1.83. The zero-order valence-electron chi connectivity index (χ0n) is 15.2. The van der Waals surface area contributed by atoms with Crippen molar-refractivity contribution in [1.82, 2.24) is 19.6 Å². The van der Waals surface area contributed by atoms with Gasteiger partial charge in [0.05, 0.1) is 0 Å². The minimum atomic E-state index is 0.575. The van der Waals surface area contributed by atoms with Gasteiger partial charge >= 0.3 is 0 Å². The van der Waals surface area contributed by atoms with Gasteiger partial charge in [-0.2, -0.15) is 9.50 Å². The minimum absolute atomic E-state index is 0.575. The van der Waals surface area contributed by atoms with Gasteiger partial charge in [-0.3, -0.25) is 0 Å². The molecule has 3 aromatic rings. The largest absolute Gasteiger partial charge is 0.353 e. The predicted molar refractivity (Wildman–Crippen MR) is 101 cm³/mol. The number of rotatable bonds is 3. The lowest BCUT2D eigenvalue weighted by Gasteiger charge is -2.36. The van der Waals surface area contributed by atoms with Crippen LogP contribution in [0.3, 0.4) is 0 Å². The fourth-order valence-corrected chi connectivity index (χ4v) is 3.72. The Morgan fingerprint density at radius 1 is 1.08 bits per heavy atom. The molecule has 3 heterocycles. The van der Waals surface area contributed by atoms with Crippen molar-refractivity contribution in [2.45, 2.75) is 52.5 Å². The first-order valence-electron chi connectivity index (χ1n) is 9.24. The molecule has 5 nitrogen and oxygen atoms in total. The topological polar surface area (TPSA) is 46.3 Å². The van der Waals surface area contributed by atoms with Crippen molar-refractivity contribution < 1.29 is 0 Å². The van der Waals surface area contributed by atoms with Crippen LogP contribution in [-0.2, 0) is 0 Å². The van der Waals surface area contributed by atoms with Crippen LogP contribution in [0.2, 0.25) is 0 Å². The van der Waals surface area contributed by atoms with E-state index in [1.807, 2.05) is 11.4 Å². The van der Waals surface area contributed by atoms with Crippen molar-refractivity contribution in [1.29, 1.82) is 0 Å². The van der Waals surface area contributed by atoms with Gasteiger partial charge in [-0.15, -0.1) is 5.10 Å². The molecule has 2 aromatic heterocycles. The Hall–Kier alpha value is -2.43. The van der Waals surface area contributed by atoms with Crippen molar-refractivity contribution in [3.63, 3.8) is 0 Å². The number of fused-ring (bicyclic) bond motifs is 1. The molecule has 4 rings (SSSR count). The number of hydrogen-bond acceptors (Lipinski definition) is 4. The van der Waals surface area contributed by atoms with Crippen molar-refractivity contribution >= 4 is 11.6 Å². The van der Waals surface area contributed by atoms with E-state index in [2.05, 4.69) is 54.1 Å². The molecule has 0 saturated carbocycles. The third-order valence-corrected chi connectivity index (χ3v) is 5.12. The summed E-state index contributed by atoms with van der Waals surface area (Å²) in [5.41, 5.74) is 3.26. The third kappa shape index (κ3) is 2.99. The van der Waals surface area contributed by atoms with Crippen molar-refractivity contribution in [2.75, 3.05) is 11.4 Å². The molecule has 1 saturated heterocycles. The maximum absolute atomic E-state index is 4.80. The maximum Gasteiger partial charge on any atom is 0.254 e. The Labute approximate surface area is 148 Å². The summed E-state index contributed by atoms with van der Waals surface area (Å²) in [6.07, 6.45) is 4.95. The number of aromatic nitrogens is 4. The number of anilines is 1. The van der Waals surface area contributed by atoms with Crippen LogP contribution < -0.4 is 4.90 Å². The lowest BCUT2D eigenvalue weighted by molar-refractivity contribution is 0.444. The molecular formula is C20H25N5. The molecule has 1 aromatic carbocycles. The van der Waals surface area contributed by atoms with Crippen molar-refractivity contribution in [3.05, 3.63) is 41.6 Å². The van der Waals surface area contributed by atoms with E-state index < -0.39 is 0 Å². The van der Waals surface area contributed by atoms with E-state index >= 15 is 0 Å². The van der Waals surface area contributed by atoms with Crippen LogP contribution in [0.4, 0.5) is 5.82 Å². The van der Waals surface area contributed by atoms with Gasteiger partial charge in [-0.25, -0.2) is 4.98 Å². The van der Waals surface area contributed by atoms with Gasteiger partial charge in [0.25, 0.3) is 5.78 Å². The Bertz CT molecular complexity index is 881. The van der Waals surface area contributed by atoms with Crippen molar-refractivity contribution in [2.24, 2.45) is 0 Å². The molecule has 1 fully saturated rings. The molecule has 1 unspecified atom stereocenters. The lowest BCUT2D eigenvalue weighted by Crippen LogP contribution is -2.40. The van der Waals surface area contributed by atoms with Gasteiger partial charge < -0.3 is 4.90 Å². The molecule has 0 aliphatic carbocycles. The van der Waals surface area contributed by atoms with Crippen LogP contribution in [-0.4, -0.2) is 32.2 Å². The zero-order valence-corrected chi connectivity index (χ0v) is 15.2. The first-order chi connectivity index (χ1) is 12.2. The molecule has 0 amide bonds. The quantitative estimate of drug-likeness (QED) is 0.720. The summed E-state index contributed by atoms with van der Waals surface area (Å²) in [4.78, 5) is 11.8. The van der Waals surface area contributed by atoms with Crippen LogP contribution >= 0.6 is 0 Å². The fourth-order valence-electron chi connectivity index (χ4n) is 3.72. The SMILES string of the molecule is CCC1CCCCN1c1cc(C)nc2nc(-c3ccc(C)cc3)nn12. The van der Waals surface area contributed by atoms with E-state index in [1.54, 1.807) is 0 Å². The zero-order chi connectivity index (χ0) is 17.4. The summed E-state index contributed by atoms with van der Waals surface area (Å²) in [6.45, 7) is 7.48. The van der Waals surface area contributed by atoms with E-state index in [-0.39, 0.29) is 0 Å². The average molecular weight is 335 g/mol. The molecule has 1 atom stereocenters. The van der Waals surface area contributed by atoms with Crippen LogP contribution in [0.15, 0.2) is 30.3 Å². The Kier molecular flexibility index (Phi) is 4.15. The maximum atomic E-state index is 4.80. The van der Waals surface area contributed by atoms with E-state index in [4.69, 9.17) is 10.1 Å². The van der Waals surface area contributed by atoms with Gasteiger partial charge in [0.15, 0.2) is 5.82 Å². The summed E-state index contributed by atoms with van der Waals surface area (Å²) >= 11 is 0. The molecule has 0 radical (unpaired) electrons. The number of nitrogens with zero attached hydrogens (tertiary/aromatic N) is 5. The second-order valence-electron chi connectivity index (χ2n) is 7.02. The third-order valence-electron chi connectivity index (χ3n) is 5.12. The molecule has 0 N–H and O–H groups in total. The molecule has 130 valence electrons. The molecule has 25 heavy (non-hydrogen) atoms. The van der Waals surface area contributed by atoms with E-state index in [0.717, 1.165) is 35.9 Å². The highest BCUT2D eigenvalue weighted by molar-refractivity contribution is 5.59. The number of benzene rings is 1. The van der Waals surface area contributed by atoms with E-state index in [1.165, 1.54) is 24.8 Å². The first-order valence-corrected chi connectivity index (χ1v) is 9.24. The fraction of sp³-hybridized carbons (Fsp3) is 0.450. The smallest absolute Gasteiger partial charge is 0.254 e. The monoisotopic (exact) mass is 335 g/mol. The number of piperidine rings is 1. The van der Waals surface area contributed by atoms with Crippen LogP contribution in [0, 0.1) is 13.8 Å². The van der Waals surface area contributed by atoms with Crippen LogP contribution in [0.1, 0.15) is 43.9 Å². The number of hydrogen-bond donors (Lipinski definition) is 0. The summed E-state index contributed by atoms with van der Waals surface area (Å²) in [5.74, 6) is 2.55. The molecule has 1 aliphatic heterocycles. The lowest BCUT2D eigenvalue weighted by atomic mass is 10.00. The van der Waals surface area contributed by atoms with Gasteiger partial charge in [0.2, 0.25) is 0 Å². The van der Waals surface area contributed by atoms with Gasteiger partial charge in [-0.05, 0) is 39.5 Å².